The molecule has 0 atom stereocenters. The Morgan fingerprint density at radius 1 is 1.27 bits per heavy atom. The molecule has 0 aromatic heterocycles. The molecule has 1 aromatic rings. The summed E-state index contributed by atoms with van der Waals surface area (Å²) in [6, 6.07) is 8.93. The van der Waals surface area contributed by atoms with Gasteiger partial charge in [0.1, 0.15) is 0 Å². The Hall–Kier alpha value is -0.820. The summed E-state index contributed by atoms with van der Waals surface area (Å²) >= 11 is 0. The van der Waals surface area contributed by atoms with Gasteiger partial charge < -0.3 is 5.73 Å². The van der Waals surface area contributed by atoms with Crippen molar-refractivity contribution in [2.24, 2.45) is 5.73 Å². The van der Waals surface area contributed by atoms with Gasteiger partial charge in [-0.2, -0.15) is 0 Å². The van der Waals surface area contributed by atoms with Crippen LogP contribution in [0.1, 0.15) is 44.7 Å². The normalized spacial score (nSPS) is 11.7. The fourth-order valence-electron chi connectivity index (χ4n) is 1.94. The number of rotatable bonds is 5. The largest absolute Gasteiger partial charge is 0.330 e. The van der Waals surface area contributed by atoms with Gasteiger partial charge in [0.25, 0.3) is 0 Å². The van der Waals surface area contributed by atoms with Gasteiger partial charge in [-0.25, -0.2) is 0 Å². The molecule has 0 saturated heterocycles. The van der Waals surface area contributed by atoms with E-state index in [-0.39, 0.29) is 5.41 Å². The zero-order valence-electron chi connectivity index (χ0n) is 10.2. The first-order valence-corrected chi connectivity index (χ1v) is 5.89. The molecule has 0 saturated carbocycles. The number of nitrogens with two attached hydrogens (primary N) is 1. The molecule has 1 rings (SSSR count). The van der Waals surface area contributed by atoms with Crippen molar-refractivity contribution in [3.63, 3.8) is 0 Å². The van der Waals surface area contributed by atoms with E-state index in [0.717, 1.165) is 13.0 Å². The average molecular weight is 205 g/mol. The lowest BCUT2D eigenvalue weighted by Gasteiger charge is -2.25. The van der Waals surface area contributed by atoms with Gasteiger partial charge in [-0.15, -0.1) is 0 Å². The molecule has 2 N–H and O–H groups in total. The number of aryl methyl sites for hydroxylation is 1. The summed E-state index contributed by atoms with van der Waals surface area (Å²) < 4.78 is 0. The van der Waals surface area contributed by atoms with E-state index in [9.17, 15) is 0 Å². The number of hydrogen-bond donors (Lipinski definition) is 1. The van der Waals surface area contributed by atoms with E-state index in [1.165, 1.54) is 24.0 Å². The van der Waals surface area contributed by atoms with Crippen LogP contribution < -0.4 is 5.73 Å². The summed E-state index contributed by atoms with van der Waals surface area (Å²) in [6.07, 6.45) is 3.43. The molecular formula is C14H23N. The zero-order valence-corrected chi connectivity index (χ0v) is 10.2. The lowest BCUT2D eigenvalue weighted by atomic mass is 9.81. The quantitative estimate of drug-likeness (QED) is 0.784. The Kier molecular flexibility index (Phi) is 4.34. The first kappa shape index (κ1) is 12.3. The Morgan fingerprint density at radius 2 is 2.00 bits per heavy atom. The van der Waals surface area contributed by atoms with Gasteiger partial charge in [-0.1, -0.05) is 51.5 Å². The minimum Gasteiger partial charge on any atom is -0.330 e. The molecule has 0 aliphatic carbocycles. The highest BCUT2D eigenvalue weighted by atomic mass is 14.5. The van der Waals surface area contributed by atoms with Crippen molar-refractivity contribution in [3.8, 4) is 0 Å². The van der Waals surface area contributed by atoms with Gasteiger partial charge in [0.05, 0.1) is 0 Å². The van der Waals surface area contributed by atoms with E-state index in [0.29, 0.717) is 0 Å². The van der Waals surface area contributed by atoms with Crippen molar-refractivity contribution in [1.82, 2.24) is 0 Å². The Bertz CT molecular complexity index is 302. The predicted octanol–water partition coefficient (Wildman–Crippen LogP) is 3.27. The van der Waals surface area contributed by atoms with Crippen LogP contribution in [-0.4, -0.2) is 6.54 Å². The zero-order chi connectivity index (χ0) is 11.3. The third-order valence-electron chi connectivity index (χ3n) is 3.02. The Balaban J connectivity index is 2.88. The molecule has 0 amide bonds. The molecule has 1 nitrogen and oxygen atoms in total. The van der Waals surface area contributed by atoms with Crippen LogP contribution in [0.15, 0.2) is 24.3 Å². The summed E-state index contributed by atoms with van der Waals surface area (Å²) in [5, 5.41) is 0. The Labute approximate surface area is 93.7 Å². The van der Waals surface area contributed by atoms with Gasteiger partial charge in [-0.05, 0) is 35.9 Å². The SMILES string of the molecule is CCCc1cccc(C(C)(C)CCN)c1. The standard InChI is InChI=1S/C14H23N/c1-4-6-12-7-5-8-13(11-12)14(2,3)9-10-15/h5,7-8,11H,4,6,9-10,15H2,1-3H3. The molecule has 15 heavy (non-hydrogen) atoms. The molecule has 0 aliphatic rings. The molecule has 0 spiro atoms. The summed E-state index contributed by atoms with van der Waals surface area (Å²) in [7, 11) is 0. The van der Waals surface area contributed by atoms with Crippen LogP contribution in [-0.2, 0) is 11.8 Å². The summed E-state index contributed by atoms with van der Waals surface area (Å²) in [5.74, 6) is 0. The molecular weight excluding hydrogens is 182 g/mol. The highest BCUT2D eigenvalue weighted by Gasteiger charge is 2.19. The van der Waals surface area contributed by atoms with E-state index in [1.807, 2.05) is 0 Å². The third kappa shape index (κ3) is 3.35. The van der Waals surface area contributed by atoms with Gasteiger partial charge in [0.15, 0.2) is 0 Å². The van der Waals surface area contributed by atoms with Crippen molar-refractivity contribution in [2.45, 2.75) is 45.4 Å². The lowest BCUT2D eigenvalue weighted by Crippen LogP contribution is -2.21. The van der Waals surface area contributed by atoms with E-state index in [4.69, 9.17) is 5.73 Å². The fourth-order valence-corrected chi connectivity index (χ4v) is 1.94. The molecule has 0 fully saturated rings. The Morgan fingerprint density at radius 3 is 2.60 bits per heavy atom. The number of hydrogen-bond acceptors (Lipinski definition) is 1. The van der Waals surface area contributed by atoms with Gasteiger partial charge in [0.2, 0.25) is 0 Å². The molecule has 0 unspecified atom stereocenters. The smallest absolute Gasteiger partial charge is 0.00690 e. The van der Waals surface area contributed by atoms with Crippen LogP contribution in [0.4, 0.5) is 0 Å². The van der Waals surface area contributed by atoms with Gasteiger partial charge in [-0.3, -0.25) is 0 Å². The van der Waals surface area contributed by atoms with Crippen LogP contribution in [0.5, 0.6) is 0 Å². The maximum absolute atomic E-state index is 5.65. The average Bonchev–Trinajstić information content (AvgIpc) is 2.19. The molecule has 84 valence electrons. The summed E-state index contributed by atoms with van der Waals surface area (Å²) in [5.41, 5.74) is 8.72. The minimum absolute atomic E-state index is 0.207. The van der Waals surface area contributed by atoms with E-state index in [1.54, 1.807) is 0 Å². The van der Waals surface area contributed by atoms with Gasteiger partial charge >= 0.3 is 0 Å². The van der Waals surface area contributed by atoms with Crippen molar-refractivity contribution in [3.05, 3.63) is 35.4 Å². The van der Waals surface area contributed by atoms with Crippen molar-refractivity contribution in [1.29, 1.82) is 0 Å². The maximum atomic E-state index is 5.65. The predicted molar refractivity (Wildman–Crippen MR) is 67.1 cm³/mol. The third-order valence-corrected chi connectivity index (χ3v) is 3.02. The highest BCUT2D eigenvalue weighted by molar-refractivity contribution is 5.29. The second kappa shape index (κ2) is 5.32. The van der Waals surface area contributed by atoms with Crippen LogP contribution in [0.3, 0.4) is 0 Å². The van der Waals surface area contributed by atoms with Crippen molar-refractivity contribution >= 4 is 0 Å². The van der Waals surface area contributed by atoms with E-state index >= 15 is 0 Å². The summed E-state index contributed by atoms with van der Waals surface area (Å²) in [4.78, 5) is 0. The molecule has 1 aromatic carbocycles. The minimum atomic E-state index is 0.207. The monoisotopic (exact) mass is 205 g/mol. The second-order valence-corrected chi connectivity index (χ2v) is 4.87. The fraction of sp³-hybridized carbons (Fsp3) is 0.571. The maximum Gasteiger partial charge on any atom is -0.00690 e. The van der Waals surface area contributed by atoms with Gasteiger partial charge in [0, 0.05) is 0 Å². The molecule has 0 aliphatic heterocycles. The van der Waals surface area contributed by atoms with Crippen LogP contribution in [0.2, 0.25) is 0 Å². The van der Waals surface area contributed by atoms with Crippen LogP contribution in [0.25, 0.3) is 0 Å². The second-order valence-electron chi connectivity index (χ2n) is 4.87. The molecule has 1 heteroatoms. The molecule has 0 radical (unpaired) electrons. The van der Waals surface area contributed by atoms with Crippen LogP contribution >= 0.6 is 0 Å². The number of benzene rings is 1. The topological polar surface area (TPSA) is 26.0 Å². The van der Waals surface area contributed by atoms with Crippen LogP contribution in [0, 0.1) is 0 Å². The summed E-state index contributed by atoms with van der Waals surface area (Å²) in [6.45, 7) is 7.51. The van der Waals surface area contributed by atoms with E-state index in [2.05, 4.69) is 45.0 Å². The highest BCUT2D eigenvalue weighted by Crippen LogP contribution is 2.27. The van der Waals surface area contributed by atoms with Crippen molar-refractivity contribution in [2.75, 3.05) is 6.54 Å². The lowest BCUT2D eigenvalue weighted by molar-refractivity contribution is 0.487. The van der Waals surface area contributed by atoms with Crippen molar-refractivity contribution < 1.29 is 0 Å². The van der Waals surface area contributed by atoms with E-state index < -0.39 is 0 Å². The first-order chi connectivity index (χ1) is 7.10. The first-order valence-electron chi connectivity index (χ1n) is 5.89. The molecule has 0 heterocycles. The molecule has 0 bridgehead atoms.